The standard InChI is InChI=1S/C18H27N3O2/c1-3-14-10-19-21(11-14)15-4-7-20(8-5-15)16(22)18-6-9-23-17(2,12-18)13-18/h10-11,15H,3-9,12-13H2,1-2H3. The molecule has 0 radical (unpaired) electrons. The second-order valence-electron chi connectivity index (χ2n) is 7.89. The van der Waals surface area contributed by atoms with Gasteiger partial charge in [0.05, 0.1) is 23.3 Å². The maximum Gasteiger partial charge on any atom is 0.229 e. The minimum atomic E-state index is -0.110. The molecule has 23 heavy (non-hydrogen) atoms. The van der Waals surface area contributed by atoms with Gasteiger partial charge in [-0.2, -0.15) is 5.10 Å². The van der Waals surface area contributed by atoms with Gasteiger partial charge in [0.25, 0.3) is 0 Å². The van der Waals surface area contributed by atoms with Crippen molar-refractivity contribution in [1.29, 1.82) is 0 Å². The van der Waals surface area contributed by atoms with E-state index in [1.54, 1.807) is 0 Å². The molecular formula is C18H27N3O2. The Kier molecular flexibility index (Phi) is 3.52. The van der Waals surface area contributed by atoms with E-state index in [9.17, 15) is 4.79 Å². The van der Waals surface area contributed by atoms with Gasteiger partial charge in [-0.3, -0.25) is 9.48 Å². The van der Waals surface area contributed by atoms with E-state index in [2.05, 4.69) is 34.7 Å². The average Bonchev–Trinajstić information content (AvgIpc) is 3.02. The highest BCUT2D eigenvalue weighted by atomic mass is 16.5. The van der Waals surface area contributed by atoms with Crippen molar-refractivity contribution in [3.8, 4) is 0 Å². The molecule has 5 heteroatoms. The number of amides is 1. The predicted octanol–water partition coefficient (Wildman–Crippen LogP) is 2.57. The third-order valence-electron chi connectivity index (χ3n) is 6.10. The third-order valence-corrected chi connectivity index (χ3v) is 6.10. The molecule has 0 aromatic carbocycles. The molecule has 126 valence electrons. The summed E-state index contributed by atoms with van der Waals surface area (Å²) in [7, 11) is 0. The van der Waals surface area contributed by atoms with Gasteiger partial charge < -0.3 is 9.64 Å². The van der Waals surface area contributed by atoms with Crippen molar-refractivity contribution in [2.24, 2.45) is 5.41 Å². The Hall–Kier alpha value is -1.36. The lowest BCUT2D eigenvalue weighted by Crippen LogP contribution is -2.63. The molecule has 5 rings (SSSR count). The van der Waals surface area contributed by atoms with Crippen molar-refractivity contribution in [3.63, 3.8) is 0 Å². The molecule has 2 bridgehead atoms. The van der Waals surface area contributed by atoms with Gasteiger partial charge in [0.15, 0.2) is 0 Å². The third kappa shape index (κ3) is 2.49. The number of ether oxygens (including phenoxy) is 1. The number of nitrogens with zero attached hydrogens (tertiary/aromatic N) is 3. The van der Waals surface area contributed by atoms with Crippen LogP contribution in [-0.2, 0) is 16.0 Å². The molecule has 4 heterocycles. The zero-order chi connectivity index (χ0) is 16.1. The SMILES string of the molecule is CCc1cnn(C2CCN(C(=O)C34CCOC(C)(C3)C4)CC2)c1. The normalized spacial score (nSPS) is 34.3. The fourth-order valence-electron chi connectivity index (χ4n) is 4.84. The molecule has 1 amide bonds. The van der Waals surface area contributed by atoms with E-state index >= 15 is 0 Å². The highest BCUT2D eigenvalue weighted by Crippen LogP contribution is 2.57. The molecular weight excluding hydrogens is 290 g/mol. The van der Waals surface area contributed by atoms with Crippen LogP contribution in [0.2, 0.25) is 0 Å². The van der Waals surface area contributed by atoms with Gasteiger partial charge >= 0.3 is 0 Å². The summed E-state index contributed by atoms with van der Waals surface area (Å²) in [5.41, 5.74) is 1.15. The number of aromatic nitrogens is 2. The van der Waals surface area contributed by atoms with E-state index in [4.69, 9.17) is 4.74 Å². The van der Waals surface area contributed by atoms with Gasteiger partial charge in [-0.25, -0.2) is 0 Å². The summed E-state index contributed by atoms with van der Waals surface area (Å²) >= 11 is 0. The van der Waals surface area contributed by atoms with Crippen LogP contribution in [0.3, 0.4) is 0 Å². The van der Waals surface area contributed by atoms with Crippen molar-refractivity contribution in [3.05, 3.63) is 18.0 Å². The first-order chi connectivity index (χ1) is 11.0. The lowest BCUT2D eigenvalue weighted by Gasteiger charge is -2.58. The average molecular weight is 317 g/mol. The Morgan fingerprint density at radius 1 is 1.39 bits per heavy atom. The van der Waals surface area contributed by atoms with Crippen LogP contribution in [0.15, 0.2) is 12.4 Å². The molecule has 1 aliphatic carbocycles. The highest BCUT2D eigenvalue weighted by Gasteiger charge is 2.60. The number of rotatable bonds is 3. The van der Waals surface area contributed by atoms with Gasteiger partial charge in [-0.1, -0.05) is 6.92 Å². The zero-order valence-electron chi connectivity index (χ0n) is 14.3. The zero-order valence-corrected chi connectivity index (χ0v) is 14.3. The van der Waals surface area contributed by atoms with Crippen molar-refractivity contribution in [1.82, 2.24) is 14.7 Å². The minimum Gasteiger partial charge on any atom is -0.375 e. The van der Waals surface area contributed by atoms with E-state index in [0.29, 0.717) is 11.9 Å². The minimum absolute atomic E-state index is 0.0299. The molecule has 0 atom stereocenters. The summed E-state index contributed by atoms with van der Waals surface area (Å²) in [4.78, 5) is 15.1. The summed E-state index contributed by atoms with van der Waals surface area (Å²) < 4.78 is 7.90. The predicted molar refractivity (Wildman–Crippen MR) is 87.1 cm³/mol. The number of hydrogen-bond donors (Lipinski definition) is 0. The van der Waals surface area contributed by atoms with Crippen LogP contribution in [0.5, 0.6) is 0 Å². The van der Waals surface area contributed by atoms with Crippen LogP contribution in [-0.4, -0.2) is 45.9 Å². The Bertz CT molecular complexity index is 595. The molecule has 0 unspecified atom stereocenters. The van der Waals surface area contributed by atoms with Crippen LogP contribution < -0.4 is 0 Å². The Morgan fingerprint density at radius 3 is 2.74 bits per heavy atom. The van der Waals surface area contributed by atoms with Crippen molar-refractivity contribution < 1.29 is 9.53 Å². The van der Waals surface area contributed by atoms with Gasteiger partial charge in [0.1, 0.15) is 0 Å². The van der Waals surface area contributed by atoms with Gasteiger partial charge in [-0.05, 0) is 51.0 Å². The summed E-state index contributed by atoms with van der Waals surface area (Å²) in [6.07, 6.45) is 9.92. The van der Waals surface area contributed by atoms with Crippen molar-refractivity contribution >= 4 is 5.91 Å². The lowest BCUT2D eigenvalue weighted by atomic mass is 9.55. The summed E-state index contributed by atoms with van der Waals surface area (Å²) in [6.45, 7) is 6.77. The van der Waals surface area contributed by atoms with E-state index in [0.717, 1.165) is 58.2 Å². The van der Waals surface area contributed by atoms with E-state index in [-0.39, 0.29) is 11.0 Å². The molecule has 4 fully saturated rings. The maximum absolute atomic E-state index is 13.0. The van der Waals surface area contributed by atoms with E-state index in [1.165, 1.54) is 5.56 Å². The smallest absolute Gasteiger partial charge is 0.229 e. The first-order valence-corrected chi connectivity index (χ1v) is 9.00. The Balaban J connectivity index is 1.37. The summed E-state index contributed by atoms with van der Waals surface area (Å²) in [5.74, 6) is 0.381. The second kappa shape index (κ2) is 5.33. The Morgan fingerprint density at radius 2 is 2.13 bits per heavy atom. The van der Waals surface area contributed by atoms with Crippen LogP contribution in [0.1, 0.15) is 57.6 Å². The Labute approximate surface area is 138 Å². The monoisotopic (exact) mass is 317 g/mol. The first kappa shape index (κ1) is 15.2. The molecule has 5 nitrogen and oxygen atoms in total. The summed E-state index contributed by atoms with van der Waals surface area (Å²) in [6, 6.07) is 0.443. The second-order valence-corrected chi connectivity index (χ2v) is 7.89. The molecule has 0 spiro atoms. The van der Waals surface area contributed by atoms with Gasteiger partial charge in [0, 0.05) is 25.9 Å². The molecule has 0 N–H and O–H groups in total. The van der Waals surface area contributed by atoms with E-state index in [1.807, 2.05) is 6.20 Å². The molecule has 3 aliphatic heterocycles. The molecule has 1 aromatic heterocycles. The largest absolute Gasteiger partial charge is 0.375 e. The van der Waals surface area contributed by atoms with E-state index < -0.39 is 0 Å². The van der Waals surface area contributed by atoms with Gasteiger partial charge in [-0.15, -0.1) is 0 Å². The molecule has 3 saturated heterocycles. The number of aryl methyl sites for hydroxylation is 1. The van der Waals surface area contributed by atoms with Crippen LogP contribution in [0, 0.1) is 5.41 Å². The molecule has 4 aliphatic rings. The molecule has 1 aromatic rings. The van der Waals surface area contributed by atoms with Crippen LogP contribution in [0.25, 0.3) is 0 Å². The number of hydrogen-bond acceptors (Lipinski definition) is 3. The topological polar surface area (TPSA) is 47.4 Å². The molecule has 1 saturated carbocycles. The van der Waals surface area contributed by atoms with Crippen LogP contribution in [0.4, 0.5) is 0 Å². The fourth-order valence-corrected chi connectivity index (χ4v) is 4.84. The first-order valence-electron chi connectivity index (χ1n) is 9.00. The number of carbonyl (C=O) groups is 1. The number of likely N-dealkylation sites (tertiary alicyclic amines) is 1. The highest BCUT2D eigenvalue weighted by molar-refractivity contribution is 5.84. The number of carbonyl (C=O) groups excluding carboxylic acids is 1. The van der Waals surface area contributed by atoms with Crippen LogP contribution >= 0.6 is 0 Å². The summed E-state index contributed by atoms with van der Waals surface area (Å²) in [5, 5.41) is 4.50. The van der Waals surface area contributed by atoms with Crippen molar-refractivity contribution in [2.75, 3.05) is 19.7 Å². The quantitative estimate of drug-likeness (QED) is 0.861. The van der Waals surface area contributed by atoms with Crippen molar-refractivity contribution in [2.45, 2.75) is 64.0 Å². The number of fused-ring (bicyclic) bond motifs is 2. The fraction of sp³-hybridized carbons (Fsp3) is 0.778. The maximum atomic E-state index is 13.0. The lowest BCUT2D eigenvalue weighted by molar-refractivity contribution is -0.221. The van der Waals surface area contributed by atoms with Gasteiger partial charge in [0.2, 0.25) is 5.91 Å². The number of piperidine rings is 1.